The number of rotatable bonds is 7. The van der Waals surface area contributed by atoms with E-state index >= 15 is 0 Å². The predicted molar refractivity (Wildman–Crippen MR) is 81.3 cm³/mol. The van der Waals surface area contributed by atoms with Gasteiger partial charge in [-0.05, 0) is 25.8 Å². The number of amidine groups is 1. The summed E-state index contributed by atoms with van der Waals surface area (Å²) in [5.74, 6) is 0.431. The highest BCUT2D eigenvalue weighted by Gasteiger charge is 2.16. The molecule has 0 heterocycles. The van der Waals surface area contributed by atoms with Gasteiger partial charge in [0.2, 0.25) is 0 Å². The van der Waals surface area contributed by atoms with Crippen LogP contribution < -0.4 is 5.73 Å². The molecular formula is C14H22FN3S. The maximum atomic E-state index is 14.2. The smallest absolute Gasteiger partial charge is 0.138 e. The van der Waals surface area contributed by atoms with Gasteiger partial charge in [-0.1, -0.05) is 19.1 Å². The van der Waals surface area contributed by atoms with E-state index in [0.29, 0.717) is 18.2 Å². The average Bonchev–Trinajstić information content (AvgIpc) is 2.37. The first-order valence-electron chi connectivity index (χ1n) is 6.32. The lowest BCUT2D eigenvalue weighted by Gasteiger charge is -2.27. The summed E-state index contributed by atoms with van der Waals surface area (Å²) >= 11 is 1.80. The Morgan fingerprint density at radius 3 is 2.74 bits per heavy atom. The third kappa shape index (κ3) is 4.21. The molecule has 1 aromatic rings. The molecule has 0 aliphatic carbocycles. The van der Waals surface area contributed by atoms with Gasteiger partial charge in [-0.3, -0.25) is 10.3 Å². The van der Waals surface area contributed by atoms with Crippen LogP contribution in [0.25, 0.3) is 0 Å². The van der Waals surface area contributed by atoms with Gasteiger partial charge in [0, 0.05) is 23.9 Å². The van der Waals surface area contributed by atoms with Crippen molar-refractivity contribution in [2.75, 3.05) is 19.1 Å². The zero-order chi connectivity index (χ0) is 14.4. The second-order valence-corrected chi connectivity index (χ2v) is 5.54. The highest BCUT2D eigenvalue weighted by molar-refractivity contribution is 7.98. The van der Waals surface area contributed by atoms with E-state index in [1.165, 1.54) is 0 Å². The van der Waals surface area contributed by atoms with E-state index in [1.807, 2.05) is 7.05 Å². The first kappa shape index (κ1) is 16.0. The number of halogens is 1. The molecular weight excluding hydrogens is 261 g/mol. The van der Waals surface area contributed by atoms with E-state index in [9.17, 15) is 4.39 Å². The van der Waals surface area contributed by atoms with Gasteiger partial charge < -0.3 is 5.73 Å². The van der Waals surface area contributed by atoms with Crippen molar-refractivity contribution < 1.29 is 4.39 Å². The maximum absolute atomic E-state index is 14.2. The third-order valence-corrected chi connectivity index (χ3v) is 3.96. The number of benzene rings is 1. The van der Waals surface area contributed by atoms with Crippen molar-refractivity contribution in [1.29, 1.82) is 5.41 Å². The van der Waals surface area contributed by atoms with Crippen LogP contribution in [0.4, 0.5) is 4.39 Å². The van der Waals surface area contributed by atoms with Crippen LogP contribution in [0.5, 0.6) is 0 Å². The number of nitrogens with two attached hydrogens (primary N) is 1. The molecule has 1 unspecified atom stereocenters. The summed E-state index contributed by atoms with van der Waals surface area (Å²) in [5, 5.41) is 7.36. The Morgan fingerprint density at radius 1 is 1.53 bits per heavy atom. The molecule has 106 valence electrons. The van der Waals surface area contributed by atoms with Crippen LogP contribution in [-0.2, 0) is 6.54 Å². The van der Waals surface area contributed by atoms with E-state index in [1.54, 1.807) is 30.0 Å². The summed E-state index contributed by atoms with van der Waals surface area (Å²) in [6.45, 7) is 2.67. The fourth-order valence-electron chi connectivity index (χ4n) is 2.06. The van der Waals surface area contributed by atoms with Gasteiger partial charge in [-0.15, -0.1) is 0 Å². The molecule has 0 spiro atoms. The summed E-state index contributed by atoms with van der Waals surface area (Å²) in [5.41, 5.74) is 6.15. The molecule has 0 amide bonds. The monoisotopic (exact) mass is 283 g/mol. The van der Waals surface area contributed by atoms with Crippen molar-refractivity contribution >= 4 is 17.6 Å². The van der Waals surface area contributed by atoms with Gasteiger partial charge in [0.1, 0.15) is 11.7 Å². The predicted octanol–water partition coefficient (Wildman–Crippen LogP) is 2.68. The molecule has 19 heavy (non-hydrogen) atoms. The van der Waals surface area contributed by atoms with Crippen LogP contribution >= 0.6 is 11.8 Å². The Hall–Kier alpha value is -1.07. The summed E-state index contributed by atoms with van der Waals surface area (Å²) in [4.78, 5) is 2.15. The fraction of sp³-hybridized carbons (Fsp3) is 0.500. The first-order chi connectivity index (χ1) is 9.01. The molecule has 0 saturated heterocycles. The number of hydrogen-bond acceptors (Lipinski definition) is 3. The van der Waals surface area contributed by atoms with Gasteiger partial charge in [-0.25, -0.2) is 4.39 Å². The van der Waals surface area contributed by atoms with E-state index in [-0.39, 0.29) is 17.2 Å². The highest BCUT2D eigenvalue weighted by atomic mass is 32.2. The molecule has 1 atom stereocenters. The zero-order valence-electron chi connectivity index (χ0n) is 11.7. The second-order valence-electron chi connectivity index (χ2n) is 4.62. The molecule has 0 aliphatic rings. The van der Waals surface area contributed by atoms with Crippen molar-refractivity contribution in [3.63, 3.8) is 0 Å². The lowest BCUT2D eigenvalue weighted by molar-refractivity contribution is 0.244. The fourth-order valence-corrected chi connectivity index (χ4v) is 2.93. The summed E-state index contributed by atoms with van der Waals surface area (Å²) in [7, 11) is 2.00. The molecule has 0 radical (unpaired) electrons. The van der Waals surface area contributed by atoms with E-state index < -0.39 is 0 Å². The Kier molecular flexibility index (Phi) is 6.31. The quantitative estimate of drug-likeness (QED) is 0.597. The van der Waals surface area contributed by atoms with Crippen molar-refractivity contribution in [2.45, 2.75) is 25.9 Å². The van der Waals surface area contributed by atoms with E-state index in [4.69, 9.17) is 11.1 Å². The van der Waals surface area contributed by atoms with Gasteiger partial charge >= 0.3 is 0 Å². The third-order valence-electron chi connectivity index (χ3n) is 3.24. The summed E-state index contributed by atoms with van der Waals surface area (Å²) in [6, 6.07) is 5.47. The number of thioether (sulfide) groups is 1. The van der Waals surface area contributed by atoms with Crippen LogP contribution in [-0.4, -0.2) is 35.8 Å². The molecule has 0 aromatic heterocycles. The molecule has 1 rings (SSSR count). The van der Waals surface area contributed by atoms with E-state index in [2.05, 4.69) is 18.1 Å². The second kappa shape index (κ2) is 7.50. The summed E-state index contributed by atoms with van der Waals surface area (Å²) in [6.07, 6.45) is 3.11. The minimum atomic E-state index is -0.374. The Morgan fingerprint density at radius 2 is 2.21 bits per heavy atom. The number of hydrogen-bond donors (Lipinski definition) is 2. The van der Waals surface area contributed by atoms with Crippen molar-refractivity contribution in [3.8, 4) is 0 Å². The molecule has 0 aliphatic heterocycles. The number of nitrogens with zero attached hydrogens (tertiary/aromatic N) is 1. The minimum absolute atomic E-state index is 0.184. The number of nitrogens with one attached hydrogen (secondary N) is 1. The van der Waals surface area contributed by atoms with E-state index in [0.717, 1.165) is 12.2 Å². The van der Waals surface area contributed by atoms with Crippen molar-refractivity contribution in [3.05, 3.63) is 35.1 Å². The Bertz CT molecular complexity index is 437. The summed E-state index contributed by atoms with van der Waals surface area (Å²) < 4.78 is 14.2. The van der Waals surface area contributed by atoms with Gasteiger partial charge in [0.05, 0.1) is 5.56 Å². The lowest BCUT2D eigenvalue weighted by Crippen LogP contribution is -2.33. The topological polar surface area (TPSA) is 53.1 Å². The molecule has 3 nitrogen and oxygen atoms in total. The Balaban J connectivity index is 2.87. The molecule has 0 saturated carbocycles. The van der Waals surface area contributed by atoms with Crippen LogP contribution in [0.2, 0.25) is 0 Å². The van der Waals surface area contributed by atoms with Crippen LogP contribution in [0.15, 0.2) is 18.2 Å². The Labute approximate surface area is 118 Å². The first-order valence-corrected chi connectivity index (χ1v) is 7.71. The van der Waals surface area contributed by atoms with Gasteiger partial charge in [0.15, 0.2) is 0 Å². The molecule has 5 heteroatoms. The van der Waals surface area contributed by atoms with Crippen LogP contribution in [0.1, 0.15) is 24.5 Å². The minimum Gasteiger partial charge on any atom is -0.384 e. The zero-order valence-corrected chi connectivity index (χ0v) is 12.6. The molecule has 3 N–H and O–H groups in total. The maximum Gasteiger partial charge on any atom is 0.138 e. The normalized spacial score (nSPS) is 12.7. The van der Waals surface area contributed by atoms with Crippen LogP contribution in [0.3, 0.4) is 0 Å². The van der Waals surface area contributed by atoms with Crippen molar-refractivity contribution in [1.82, 2.24) is 4.90 Å². The largest absolute Gasteiger partial charge is 0.384 e. The van der Waals surface area contributed by atoms with Crippen LogP contribution in [0, 0.1) is 11.2 Å². The highest BCUT2D eigenvalue weighted by Crippen LogP contribution is 2.17. The SMILES string of the molecule is CCC(CSC)N(C)Cc1cccc(C(=N)N)c1F. The average molecular weight is 283 g/mol. The lowest BCUT2D eigenvalue weighted by atomic mass is 10.1. The molecule has 1 aromatic carbocycles. The number of nitrogen functional groups attached to an aromatic ring is 1. The van der Waals surface area contributed by atoms with Gasteiger partial charge in [0.25, 0.3) is 0 Å². The molecule has 0 bridgehead atoms. The standard InChI is InChI=1S/C14H22FN3S/c1-4-11(9-19-3)18(2)8-10-6-5-7-12(13(10)15)14(16)17/h5-7,11H,4,8-9H2,1-3H3,(H3,16,17). The van der Waals surface area contributed by atoms with Crippen molar-refractivity contribution in [2.24, 2.45) is 5.73 Å². The van der Waals surface area contributed by atoms with Gasteiger partial charge in [-0.2, -0.15) is 11.8 Å². The molecule has 0 fully saturated rings.